The molecule has 0 unspecified atom stereocenters. The van der Waals surface area contributed by atoms with Crippen LogP contribution < -0.4 is 5.32 Å². The van der Waals surface area contributed by atoms with Gasteiger partial charge in [-0.25, -0.2) is 13.8 Å². The van der Waals surface area contributed by atoms with E-state index < -0.39 is 17.7 Å². The number of fused-ring (bicyclic) bond motifs is 1. The lowest BCUT2D eigenvalue weighted by molar-refractivity contribution is -0.126. The molecular formula is C17H21F2N3O. The van der Waals surface area contributed by atoms with Crippen molar-refractivity contribution in [2.75, 3.05) is 0 Å². The lowest BCUT2D eigenvalue weighted by Crippen LogP contribution is -2.41. The molecular weight excluding hydrogens is 300 g/mol. The molecule has 0 spiro atoms. The van der Waals surface area contributed by atoms with Crippen LogP contribution in [0.4, 0.5) is 8.78 Å². The van der Waals surface area contributed by atoms with Gasteiger partial charge in [0.05, 0.1) is 17.4 Å². The summed E-state index contributed by atoms with van der Waals surface area (Å²) in [5, 5.41) is 3.05. The van der Waals surface area contributed by atoms with Crippen molar-refractivity contribution in [2.24, 2.45) is 11.8 Å². The van der Waals surface area contributed by atoms with E-state index in [1.807, 2.05) is 20.8 Å². The minimum absolute atomic E-state index is 0.00748. The van der Waals surface area contributed by atoms with E-state index in [1.165, 1.54) is 6.33 Å². The van der Waals surface area contributed by atoms with Crippen molar-refractivity contribution >= 4 is 16.9 Å². The molecule has 124 valence electrons. The molecule has 2 aromatic rings. The molecule has 1 aliphatic rings. The third-order valence-corrected chi connectivity index (χ3v) is 4.52. The third kappa shape index (κ3) is 3.07. The largest absolute Gasteiger partial charge is 0.352 e. The van der Waals surface area contributed by atoms with Gasteiger partial charge in [0.15, 0.2) is 11.6 Å². The minimum atomic E-state index is -0.937. The zero-order chi connectivity index (χ0) is 16.7. The monoisotopic (exact) mass is 321 g/mol. The summed E-state index contributed by atoms with van der Waals surface area (Å²) in [7, 11) is 0. The molecule has 1 aromatic heterocycles. The fraction of sp³-hybridized carbons (Fsp3) is 0.529. The average molecular weight is 321 g/mol. The van der Waals surface area contributed by atoms with Gasteiger partial charge in [0.25, 0.3) is 0 Å². The van der Waals surface area contributed by atoms with Crippen molar-refractivity contribution in [2.45, 2.75) is 45.7 Å². The van der Waals surface area contributed by atoms with Gasteiger partial charge in [0.2, 0.25) is 5.91 Å². The Morgan fingerprint density at radius 1 is 1.26 bits per heavy atom. The first-order valence-corrected chi connectivity index (χ1v) is 8.00. The van der Waals surface area contributed by atoms with Gasteiger partial charge in [0, 0.05) is 18.2 Å². The van der Waals surface area contributed by atoms with Gasteiger partial charge >= 0.3 is 0 Å². The average Bonchev–Trinajstić information content (AvgIpc) is 3.25. The van der Waals surface area contributed by atoms with Crippen molar-refractivity contribution in [1.29, 1.82) is 0 Å². The van der Waals surface area contributed by atoms with Crippen LogP contribution in [0.5, 0.6) is 0 Å². The van der Waals surface area contributed by atoms with Crippen LogP contribution in [0.2, 0.25) is 0 Å². The molecule has 4 nitrogen and oxygen atoms in total. The Bertz CT molecular complexity index is 737. The number of nitrogens with one attached hydrogen (secondary N) is 1. The highest BCUT2D eigenvalue weighted by atomic mass is 19.2. The number of aromatic nitrogens is 2. The maximum atomic E-state index is 13.6. The van der Waals surface area contributed by atoms with Crippen molar-refractivity contribution in [1.82, 2.24) is 14.9 Å². The zero-order valence-corrected chi connectivity index (χ0v) is 13.5. The van der Waals surface area contributed by atoms with Crippen LogP contribution >= 0.6 is 0 Å². The molecule has 0 aliphatic heterocycles. The van der Waals surface area contributed by atoms with Crippen LogP contribution in [-0.2, 0) is 4.79 Å². The maximum absolute atomic E-state index is 13.6. The molecule has 3 rings (SSSR count). The maximum Gasteiger partial charge on any atom is 0.243 e. The second-order valence-electron chi connectivity index (χ2n) is 6.73. The molecule has 6 heteroatoms. The number of amides is 1. The van der Waals surface area contributed by atoms with Crippen LogP contribution in [0.3, 0.4) is 0 Å². The number of benzene rings is 1. The molecule has 1 saturated carbocycles. The predicted molar refractivity (Wildman–Crippen MR) is 83.9 cm³/mol. The Kier molecular flexibility index (Phi) is 4.08. The molecule has 1 aromatic carbocycles. The van der Waals surface area contributed by atoms with Crippen LogP contribution in [0.15, 0.2) is 18.5 Å². The van der Waals surface area contributed by atoms with E-state index in [0.717, 1.165) is 25.0 Å². The fourth-order valence-electron chi connectivity index (χ4n) is 3.02. The van der Waals surface area contributed by atoms with E-state index in [0.29, 0.717) is 17.0 Å². The van der Waals surface area contributed by atoms with E-state index in [1.54, 1.807) is 4.57 Å². The van der Waals surface area contributed by atoms with Gasteiger partial charge in [0.1, 0.15) is 6.04 Å². The molecule has 0 saturated heterocycles. The highest BCUT2D eigenvalue weighted by Crippen LogP contribution is 2.33. The number of hydrogen-bond donors (Lipinski definition) is 1. The number of carbonyl (C=O) groups is 1. The van der Waals surface area contributed by atoms with Gasteiger partial charge < -0.3 is 9.88 Å². The second-order valence-corrected chi connectivity index (χ2v) is 6.73. The van der Waals surface area contributed by atoms with Gasteiger partial charge in [-0.2, -0.15) is 0 Å². The summed E-state index contributed by atoms with van der Waals surface area (Å²) in [5.74, 6) is -1.43. The Morgan fingerprint density at radius 2 is 1.91 bits per heavy atom. The van der Waals surface area contributed by atoms with E-state index >= 15 is 0 Å². The van der Waals surface area contributed by atoms with Gasteiger partial charge in [-0.3, -0.25) is 4.79 Å². The molecule has 0 bridgehead atoms. The van der Waals surface area contributed by atoms with Crippen molar-refractivity contribution in [3.05, 3.63) is 30.1 Å². The Morgan fingerprint density at radius 3 is 2.52 bits per heavy atom. The van der Waals surface area contributed by atoms with Gasteiger partial charge in [-0.05, 0) is 31.6 Å². The lowest BCUT2D eigenvalue weighted by atomic mass is 10.0. The van der Waals surface area contributed by atoms with Crippen molar-refractivity contribution in [3.8, 4) is 0 Å². The number of imidazole rings is 1. The number of rotatable bonds is 5. The Balaban J connectivity index is 1.94. The zero-order valence-electron chi connectivity index (χ0n) is 13.5. The summed E-state index contributed by atoms with van der Waals surface area (Å²) in [5.41, 5.74) is 0.773. The smallest absolute Gasteiger partial charge is 0.243 e. The van der Waals surface area contributed by atoms with Crippen LogP contribution in [0.25, 0.3) is 11.0 Å². The third-order valence-electron chi connectivity index (χ3n) is 4.52. The quantitative estimate of drug-likeness (QED) is 0.917. The first-order chi connectivity index (χ1) is 10.9. The summed E-state index contributed by atoms with van der Waals surface area (Å²) in [4.78, 5) is 16.8. The van der Waals surface area contributed by atoms with Gasteiger partial charge in [-0.15, -0.1) is 0 Å². The lowest BCUT2D eigenvalue weighted by Gasteiger charge is -2.24. The number of nitrogens with zero attached hydrogens (tertiary/aromatic N) is 2. The topological polar surface area (TPSA) is 46.9 Å². The number of hydrogen-bond acceptors (Lipinski definition) is 2. The summed E-state index contributed by atoms with van der Waals surface area (Å²) in [6.45, 7) is 5.86. The minimum Gasteiger partial charge on any atom is -0.352 e. The molecule has 1 N–H and O–H groups in total. The Hall–Kier alpha value is -1.98. The van der Waals surface area contributed by atoms with E-state index in [9.17, 15) is 13.6 Å². The Labute approximate surface area is 133 Å². The first-order valence-electron chi connectivity index (χ1n) is 8.00. The first kappa shape index (κ1) is 15.9. The molecule has 0 radical (unpaired) electrons. The fourth-order valence-corrected chi connectivity index (χ4v) is 3.02. The van der Waals surface area contributed by atoms with Crippen molar-refractivity contribution in [3.63, 3.8) is 0 Å². The molecule has 1 heterocycles. The van der Waals surface area contributed by atoms with Crippen LogP contribution in [0.1, 0.15) is 39.7 Å². The van der Waals surface area contributed by atoms with Crippen molar-refractivity contribution < 1.29 is 13.6 Å². The van der Waals surface area contributed by atoms with E-state index in [2.05, 4.69) is 10.3 Å². The summed E-state index contributed by atoms with van der Waals surface area (Å²) < 4.78 is 28.6. The SMILES string of the molecule is CC(C)[C@H](C(=O)N[C@H](C)C1CC1)n1cnc2cc(F)c(F)cc21. The summed E-state index contributed by atoms with van der Waals surface area (Å²) >= 11 is 0. The van der Waals surface area contributed by atoms with Gasteiger partial charge in [-0.1, -0.05) is 13.8 Å². The summed E-state index contributed by atoms with van der Waals surface area (Å²) in [6, 6.07) is 1.78. The molecule has 2 atom stereocenters. The molecule has 1 aliphatic carbocycles. The molecule has 23 heavy (non-hydrogen) atoms. The summed E-state index contributed by atoms with van der Waals surface area (Å²) in [6.07, 6.45) is 3.77. The van der Waals surface area contributed by atoms with Crippen LogP contribution in [0, 0.1) is 23.5 Å². The molecule has 1 fully saturated rings. The number of halogens is 2. The second kappa shape index (κ2) is 5.91. The molecule has 1 amide bonds. The highest BCUT2D eigenvalue weighted by molar-refractivity contribution is 5.84. The normalized spacial score (nSPS) is 17.5. The van der Waals surface area contributed by atoms with E-state index in [-0.39, 0.29) is 17.9 Å². The predicted octanol–water partition coefficient (Wildman–Crippen LogP) is 3.43. The van der Waals surface area contributed by atoms with E-state index in [4.69, 9.17) is 0 Å². The highest BCUT2D eigenvalue weighted by Gasteiger charge is 2.32. The standard InChI is InChI=1S/C17H21F2N3O/c1-9(2)16(17(23)21-10(3)11-4-5-11)22-8-20-14-6-12(18)13(19)7-15(14)22/h6-11,16H,4-5H2,1-3H3,(H,21,23)/t10-,16-/m1/s1. The number of carbonyl (C=O) groups excluding carboxylic acids is 1. The van der Waals surface area contributed by atoms with Crippen LogP contribution in [-0.4, -0.2) is 21.5 Å².